The molecule has 1 fully saturated rings. The van der Waals surface area contributed by atoms with Gasteiger partial charge < -0.3 is 24.8 Å². The van der Waals surface area contributed by atoms with Crippen molar-refractivity contribution in [3.05, 3.63) is 53.6 Å². The number of ether oxygens (including phenoxy) is 3. The molecule has 2 aromatic carbocycles. The predicted molar refractivity (Wildman–Crippen MR) is 119 cm³/mol. The highest BCUT2D eigenvalue weighted by atomic mass is 16.5. The second kappa shape index (κ2) is 8.86. The highest BCUT2D eigenvalue weighted by molar-refractivity contribution is 5.80. The molecule has 30 heavy (non-hydrogen) atoms. The van der Waals surface area contributed by atoms with Gasteiger partial charge in [0.1, 0.15) is 11.4 Å². The molecule has 0 aromatic heterocycles. The molecule has 1 aliphatic carbocycles. The van der Waals surface area contributed by atoms with E-state index in [1.54, 1.807) is 21.3 Å². The molecular formula is C24H31N3O3. The van der Waals surface area contributed by atoms with E-state index < -0.39 is 0 Å². The third-order valence-electron chi connectivity index (χ3n) is 6.15. The molecule has 1 unspecified atom stereocenters. The van der Waals surface area contributed by atoms with Crippen LogP contribution >= 0.6 is 0 Å². The maximum atomic E-state index is 6.48. The summed E-state index contributed by atoms with van der Waals surface area (Å²) >= 11 is 0. The Kier molecular flexibility index (Phi) is 6.02. The van der Waals surface area contributed by atoms with E-state index >= 15 is 0 Å². The Labute approximate surface area is 178 Å². The summed E-state index contributed by atoms with van der Waals surface area (Å²) in [5.41, 5.74) is 2.24. The van der Waals surface area contributed by atoms with Crippen molar-refractivity contribution in [1.29, 1.82) is 0 Å². The van der Waals surface area contributed by atoms with Gasteiger partial charge in [0.25, 0.3) is 0 Å². The molecule has 1 saturated carbocycles. The van der Waals surface area contributed by atoms with Crippen LogP contribution in [0.3, 0.4) is 0 Å². The number of fused-ring (bicyclic) bond motifs is 1. The fraction of sp³-hybridized carbons (Fsp3) is 0.458. The highest BCUT2D eigenvalue weighted by Gasteiger charge is 2.43. The molecule has 0 radical (unpaired) electrons. The Morgan fingerprint density at radius 1 is 1.10 bits per heavy atom. The second-order valence-corrected chi connectivity index (χ2v) is 8.05. The van der Waals surface area contributed by atoms with Gasteiger partial charge in [0.15, 0.2) is 17.5 Å². The molecule has 0 bridgehead atoms. The molecule has 1 aliphatic heterocycles. The number of guanidine groups is 1. The molecule has 0 saturated heterocycles. The van der Waals surface area contributed by atoms with Crippen molar-refractivity contribution >= 4 is 5.96 Å². The molecule has 6 heteroatoms. The van der Waals surface area contributed by atoms with Gasteiger partial charge >= 0.3 is 0 Å². The number of hydrogen-bond acceptors (Lipinski definition) is 4. The first kappa shape index (κ1) is 20.4. The Bertz CT molecular complexity index is 906. The molecule has 160 valence electrons. The van der Waals surface area contributed by atoms with Crippen molar-refractivity contribution in [3.63, 3.8) is 0 Å². The zero-order valence-electron chi connectivity index (χ0n) is 18.0. The lowest BCUT2D eigenvalue weighted by Crippen LogP contribution is -2.46. The first-order chi connectivity index (χ1) is 14.7. The first-order valence-corrected chi connectivity index (χ1v) is 10.6. The maximum absolute atomic E-state index is 6.48. The Balaban J connectivity index is 1.47. The number of nitrogens with zero attached hydrogens (tertiary/aromatic N) is 1. The minimum atomic E-state index is -0.0474. The summed E-state index contributed by atoms with van der Waals surface area (Å²) in [6, 6.07) is 14.5. The largest absolute Gasteiger partial charge is 0.493 e. The lowest BCUT2D eigenvalue weighted by Gasteiger charge is -2.40. The molecular weight excluding hydrogens is 378 g/mol. The molecule has 1 heterocycles. The van der Waals surface area contributed by atoms with E-state index in [-0.39, 0.29) is 11.6 Å². The van der Waals surface area contributed by atoms with Crippen LogP contribution in [0.25, 0.3) is 0 Å². The van der Waals surface area contributed by atoms with Crippen molar-refractivity contribution in [3.8, 4) is 17.2 Å². The van der Waals surface area contributed by atoms with E-state index in [4.69, 9.17) is 14.2 Å². The summed E-state index contributed by atoms with van der Waals surface area (Å²) in [5, 5.41) is 7.07. The van der Waals surface area contributed by atoms with Crippen LogP contribution in [0.2, 0.25) is 0 Å². The lowest BCUT2D eigenvalue weighted by atomic mass is 9.86. The number of nitrogens with one attached hydrogen (secondary N) is 2. The van der Waals surface area contributed by atoms with Crippen molar-refractivity contribution in [1.82, 2.24) is 10.6 Å². The third kappa shape index (κ3) is 4.18. The van der Waals surface area contributed by atoms with E-state index in [0.717, 1.165) is 48.0 Å². The van der Waals surface area contributed by atoms with Crippen molar-refractivity contribution in [2.45, 2.75) is 50.3 Å². The summed E-state index contributed by atoms with van der Waals surface area (Å²) in [6.07, 6.45) is 5.68. The minimum Gasteiger partial charge on any atom is -0.493 e. The lowest BCUT2D eigenvalue weighted by molar-refractivity contribution is 0.0396. The van der Waals surface area contributed by atoms with Crippen molar-refractivity contribution in [2.24, 2.45) is 4.99 Å². The van der Waals surface area contributed by atoms with Crippen LogP contribution in [0, 0.1) is 0 Å². The van der Waals surface area contributed by atoms with Gasteiger partial charge in [-0.3, -0.25) is 4.99 Å². The average molecular weight is 410 g/mol. The smallest absolute Gasteiger partial charge is 0.191 e. The van der Waals surface area contributed by atoms with Crippen LogP contribution in [-0.2, 0) is 6.54 Å². The first-order valence-electron chi connectivity index (χ1n) is 10.6. The molecule has 1 atom stereocenters. The van der Waals surface area contributed by atoms with Gasteiger partial charge in [0.2, 0.25) is 0 Å². The Morgan fingerprint density at radius 3 is 2.60 bits per heavy atom. The van der Waals surface area contributed by atoms with E-state index in [2.05, 4.69) is 33.8 Å². The number of rotatable bonds is 5. The summed E-state index contributed by atoms with van der Waals surface area (Å²) < 4.78 is 17.2. The standard InChI is InChI=1S/C24H31N3O3/c1-25-23(26-16-17-10-11-21(28-2)22(14-17)29-3)27-19-15-24(12-6-7-13-24)30-20-9-5-4-8-18(19)20/h4-5,8-11,14,19H,6-7,12-13,15-16H2,1-3H3,(H2,25,26,27). The Morgan fingerprint density at radius 2 is 1.87 bits per heavy atom. The summed E-state index contributed by atoms with van der Waals surface area (Å²) in [7, 11) is 5.10. The van der Waals surface area contributed by atoms with Crippen molar-refractivity contribution in [2.75, 3.05) is 21.3 Å². The molecule has 2 aliphatic rings. The van der Waals surface area contributed by atoms with Crippen LogP contribution in [0.1, 0.15) is 49.3 Å². The number of hydrogen-bond donors (Lipinski definition) is 2. The number of para-hydroxylation sites is 1. The van der Waals surface area contributed by atoms with Gasteiger partial charge in [0, 0.05) is 25.6 Å². The molecule has 2 aromatic rings. The topological polar surface area (TPSA) is 64.1 Å². The quantitative estimate of drug-likeness (QED) is 0.572. The maximum Gasteiger partial charge on any atom is 0.191 e. The van der Waals surface area contributed by atoms with Gasteiger partial charge in [-0.1, -0.05) is 24.3 Å². The summed E-state index contributed by atoms with van der Waals surface area (Å²) in [5.74, 6) is 3.23. The van der Waals surface area contributed by atoms with Crippen LogP contribution in [-0.4, -0.2) is 32.8 Å². The zero-order valence-corrected chi connectivity index (χ0v) is 18.0. The third-order valence-corrected chi connectivity index (χ3v) is 6.15. The molecule has 1 spiro atoms. The molecule has 0 amide bonds. The predicted octanol–water partition coefficient (Wildman–Crippen LogP) is 4.21. The van der Waals surface area contributed by atoms with Gasteiger partial charge in [-0.15, -0.1) is 0 Å². The second-order valence-electron chi connectivity index (χ2n) is 8.05. The van der Waals surface area contributed by atoms with E-state index in [1.807, 2.05) is 24.3 Å². The molecule has 6 nitrogen and oxygen atoms in total. The van der Waals surface area contributed by atoms with E-state index in [9.17, 15) is 0 Å². The van der Waals surface area contributed by atoms with Crippen molar-refractivity contribution < 1.29 is 14.2 Å². The van der Waals surface area contributed by atoms with Gasteiger partial charge in [-0.25, -0.2) is 0 Å². The normalized spacial score (nSPS) is 19.7. The Hall–Kier alpha value is -2.89. The number of benzene rings is 2. The number of methoxy groups -OCH3 is 2. The van der Waals surface area contributed by atoms with E-state index in [1.165, 1.54) is 18.4 Å². The monoisotopic (exact) mass is 409 g/mol. The fourth-order valence-corrected chi connectivity index (χ4v) is 4.61. The van der Waals surface area contributed by atoms with Gasteiger partial charge in [-0.2, -0.15) is 0 Å². The summed E-state index contributed by atoms with van der Waals surface area (Å²) in [4.78, 5) is 4.46. The molecule has 4 rings (SSSR count). The molecule has 2 N–H and O–H groups in total. The zero-order chi connectivity index (χ0) is 21.0. The van der Waals surface area contributed by atoms with Crippen LogP contribution < -0.4 is 24.8 Å². The van der Waals surface area contributed by atoms with Crippen LogP contribution in [0.4, 0.5) is 0 Å². The summed E-state index contributed by atoms with van der Waals surface area (Å²) in [6.45, 7) is 0.635. The SMILES string of the molecule is CN=C(NCc1ccc(OC)c(OC)c1)NC1CC2(CCCC2)Oc2ccccc21. The van der Waals surface area contributed by atoms with Gasteiger partial charge in [-0.05, 0) is 49.4 Å². The van der Waals surface area contributed by atoms with E-state index in [0.29, 0.717) is 6.54 Å². The number of aliphatic imine (C=N–C) groups is 1. The minimum absolute atomic E-state index is 0.0474. The fourth-order valence-electron chi connectivity index (χ4n) is 4.61. The average Bonchev–Trinajstić information content (AvgIpc) is 3.23. The van der Waals surface area contributed by atoms with Crippen LogP contribution in [0.15, 0.2) is 47.5 Å². The van der Waals surface area contributed by atoms with Gasteiger partial charge in [0.05, 0.1) is 20.3 Å². The highest BCUT2D eigenvalue weighted by Crippen LogP contribution is 2.46. The van der Waals surface area contributed by atoms with Crippen LogP contribution in [0.5, 0.6) is 17.2 Å².